The molecule has 4 N–H and O–H groups in total. The molecule has 1 unspecified atom stereocenters. The molecular formula is C33H38BN3O2. The van der Waals surface area contributed by atoms with Crippen molar-refractivity contribution in [1.82, 2.24) is 0 Å². The number of anilines is 2. The van der Waals surface area contributed by atoms with Crippen molar-refractivity contribution in [2.75, 3.05) is 11.0 Å². The van der Waals surface area contributed by atoms with Gasteiger partial charge in [0.25, 0.3) is 5.97 Å². The second-order valence-corrected chi connectivity index (χ2v) is 11.7. The Kier molecular flexibility index (Phi) is 8.44. The first-order valence-electron chi connectivity index (χ1n) is 13.5. The van der Waals surface area contributed by atoms with E-state index in [1.54, 1.807) is 0 Å². The minimum atomic E-state index is -0.162. The lowest BCUT2D eigenvalue weighted by molar-refractivity contribution is -0.141. The predicted octanol–water partition coefficient (Wildman–Crippen LogP) is 7.30. The largest absolute Gasteiger partial charge is 0.518 e. The topological polar surface area (TPSA) is 88.2 Å². The molecule has 0 heterocycles. The summed E-state index contributed by atoms with van der Waals surface area (Å²) in [6.45, 7) is 10.6. The quantitative estimate of drug-likeness (QED) is 0.215. The summed E-state index contributed by atoms with van der Waals surface area (Å²) >= 11 is 0. The van der Waals surface area contributed by atoms with Crippen molar-refractivity contribution in [3.8, 4) is 0 Å². The van der Waals surface area contributed by atoms with Gasteiger partial charge in [0, 0.05) is 16.8 Å². The van der Waals surface area contributed by atoms with E-state index in [9.17, 15) is 4.79 Å². The Hall–Kier alpha value is -4.06. The Balaban J connectivity index is 1.66. The van der Waals surface area contributed by atoms with Crippen LogP contribution in [0.2, 0.25) is 0 Å². The summed E-state index contributed by atoms with van der Waals surface area (Å²) in [4.78, 5) is 12.9. The standard InChI is InChI=1S/C33H38BN3O2/c1-21(2)29(20-33(3,4)5)32(38)39-34-37-30-19-18-28(26-8-6-7-9-27(26)30)31(22-10-14-24(35)15-11-22)23-12-16-25(36)17-13-23/h6-19,21,29,34-35,37H,20,36H2,1-5H3. The number of nitrogens with one attached hydrogen (secondary N) is 2. The molecule has 0 amide bonds. The minimum absolute atomic E-state index is 0.0487. The van der Waals surface area contributed by atoms with E-state index in [1.807, 2.05) is 66.8 Å². The highest BCUT2D eigenvalue weighted by Crippen LogP contribution is 2.37. The van der Waals surface area contributed by atoms with Gasteiger partial charge in [-0.05, 0) is 75.8 Å². The number of nitrogen functional groups attached to an aromatic ring is 1. The monoisotopic (exact) mass is 519 g/mol. The number of carbonyl (C=O) groups is 1. The SMILES string of the molecule is CC(C)C(CC(C)(C)C)C(=O)OBNc1ccc(C(=C2C=CC(=N)C=C2)c2ccc(N)cc2)c2ccccc12. The van der Waals surface area contributed by atoms with Crippen molar-refractivity contribution in [3.63, 3.8) is 0 Å². The zero-order valence-corrected chi connectivity index (χ0v) is 23.5. The van der Waals surface area contributed by atoms with Crippen molar-refractivity contribution in [2.24, 2.45) is 17.3 Å². The first-order valence-corrected chi connectivity index (χ1v) is 13.5. The smallest absolute Gasteiger partial charge is 0.463 e. The molecule has 0 saturated carbocycles. The minimum Gasteiger partial charge on any atom is -0.518 e. The van der Waals surface area contributed by atoms with Gasteiger partial charge < -0.3 is 21.0 Å². The summed E-state index contributed by atoms with van der Waals surface area (Å²) in [7, 11) is 0.106. The van der Waals surface area contributed by atoms with Gasteiger partial charge in [0.15, 0.2) is 0 Å². The van der Waals surface area contributed by atoms with Crippen LogP contribution in [0.1, 0.15) is 52.2 Å². The zero-order valence-electron chi connectivity index (χ0n) is 23.5. The van der Waals surface area contributed by atoms with Crippen molar-refractivity contribution in [1.29, 1.82) is 5.41 Å². The fourth-order valence-corrected chi connectivity index (χ4v) is 4.98. The Morgan fingerprint density at radius 1 is 0.949 bits per heavy atom. The van der Waals surface area contributed by atoms with Crippen molar-refractivity contribution >= 4 is 47.0 Å². The summed E-state index contributed by atoms with van der Waals surface area (Å²) in [5.74, 6) is -0.0912. The van der Waals surface area contributed by atoms with Gasteiger partial charge in [0.1, 0.15) is 0 Å². The molecule has 0 aliphatic heterocycles. The maximum Gasteiger partial charge on any atom is 0.463 e. The van der Waals surface area contributed by atoms with Crippen molar-refractivity contribution in [3.05, 3.63) is 102 Å². The average molecular weight is 519 g/mol. The van der Waals surface area contributed by atoms with Crippen molar-refractivity contribution < 1.29 is 9.45 Å². The van der Waals surface area contributed by atoms with Crippen LogP contribution in [-0.2, 0) is 9.45 Å². The fraction of sp³-hybridized carbons (Fsp3) is 0.273. The van der Waals surface area contributed by atoms with E-state index in [1.165, 1.54) is 0 Å². The molecule has 3 aromatic rings. The summed E-state index contributed by atoms with van der Waals surface area (Å²) in [5.41, 5.74) is 12.3. The molecule has 0 aromatic heterocycles. The molecule has 3 aromatic carbocycles. The van der Waals surface area contributed by atoms with Crippen LogP contribution in [0.4, 0.5) is 11.4 Å². The number of hydrogen-bond acceptors (Lipinski definition) is 5. The maximum absolute atomic E-state index is 12.9. The first kappa shape index (κ1) is 28.0. The Morgan fingerprint density at radius 3 is 2.21 bits per heavy atom. The van der Waals surface area contributed by atoms with E-state index in [0.29, 0.717) is 11.4 Å². The zero-order chi connectivity index (χ0) is 28.2. The maximum atomic E-state index is 12.9. The number of nitrogens with two attached hydrogens (primary N) is 1. The van der Waals surface area contributed by atoms with Gasteiger partial charge in [-0.1, -0.05) is 89.2 Å². The van der Waals surface area contributed by atoms with Crippen LogP contribution in [0.15, 0.2) is 90.5 Å². The lowest BCUT2D eigenvalue weighted by atomic mass is 9.79. The summed E-state index contributed by atoms with van der Waals surface area (Å²) < 4.78 is 5.72. The number of hydrogen-bond donors (Lipinski definition) is 3. The predicted molar refractivity (Wildman–Crippen MR) is 166 cm³/mol. The molecule has 0 spiro atoms. The second kappa shape index (κ2) is 11.8. The Bertz CT molecular complexity index is 1440. The van der Waals surface area contributed by atoms with Crippen LogP contribution in [0, 0.1) is 22.7 Å². The second-order valence-electron chi connectivity index (χ2n) is 11.7. The lowest BCUT2D eigenvalue weighted by Crippen LogP contribution is -2.30. The molecule has 1 atom stereocenters. The molecule has 0 bridgehead atoms. The first-order chi connectivity index (χ1) is 18.5. The third-order valence-electron chi connectivity index (χ3n) is 6.98. The number of carbonyl (C=O) groups excluding carboxylic acids is 1. The highest BCUT2D eigenvalue weighted by molar-refractivity contribution is 6.36. The van der Waals surface area contributed by atoms with Gasteiger partial charge in [-0.25, -0.2) is 0 Å². The fourth-order valence-electron chi connectivity index (χ4n) is 4.98. The molecule has 1 aliphatic rings. The molecule has 1 aliphatic carbocycles. The normalized spacial score (nSPS) is 14.0. The molecule has 200 valence electrons. The molecule has 0 fully saturated rings. The van der Waals surface area contributed by atoms with Crippen LogP contribution in [0.5, 0.6) is 0 Å². The van der Waals surface area contributed by atoms with Crippen LogP contribution < -0.4 is 11.0 Å². The van der Waals surface area contributed by atoms with Gasteiger partial charge in [-0.2, -0.15) is 0 Å². The van der Waals surface area contributed by atoms with Gasteiger partial charge >= 0.3 is 7.62 Å². The van der Waals surface area contributed by atoms with E-state index in [0.717, 1.165) is 45.2 Å². The van der Waals surface area contributed by atoms with Crippen molar-refractivity contribution in [2.45, 2.75) is 41.0 Å². The van der Waals surface area contributed by atoms with Gasteiger partial charge in [-0.15, -0.1) is 0 Å². The molecule has 0 radical (unpaired) electrons. The van der Waals surface area contributed by atoms with Gasteiger partial charge in [-0.3, -0.25) is 4.79 Å². The molecule has 4 rings (SSSR count). The number of rotatable bonds is 8. The van der Waals surface area contributed by atoms with Crippen LogP contribution in [0.3, 0.4) is 0 Å². The molecule has 5 nitrogen and oxygen atoms in total. The van der Waals surface area contributed by atoms with E-state index >= 15 is 0 Å². The summed E-state index contributed by atoms with van der Waals surface area (Å²) in [5, 5.41) is 13.4. The average Bonchev–Trinajstić information content (AvgIpc) is 2.89. The third kappa shape index (κ3) is 6.88. The van der Waals surface area contributed by atoms with Gasteiger partial charge in [0.05, 0.1) is 11.6 Å². The molecular weight excluding hydrogens is 481 g/mol. The molecule has 39 heavy (non-hydrogen) atoms. The Labute approximate surface area is 232 Å². The van der Waals surface area contributed by atoms with Crippen LogP contribution in [-0.4, -0.2) is 19.3 Å². The highest BCUT2D eigenvalue weighted by atomic mass is 16.5. The van der Waals surface area contributed by atoms with Crippen LogP contribution in [0.25, 0.3) is 16.3 Å². The molecule has 6 heteroatoms. The third-order valence-corrected chi connectivity index (χ3v) is 6.98. The lowest BCUT2D eigenvalue weighted by Gasteiger charge is -2.27. The van der Waals surface area contributed by atoms with E-state index in [-0.39, 0.29) is 30.8 Å². The summed E-state index contributed by atoms with van der Waals surface area (Å²) in [6, 6.07) is 20.2. The number of allylic oxidation sites excluding steroid dienone is 5. The number of benzene rings is 3. The van der Waals surface area contributed by atoms with E-state index < -0.39 is 0 Å². The molecule has 0 saturated heterocycles. The van der Waals surface area contributed by atoms with Crippen LogP contribution >= 0.6 is 0 Å². The Morgan fingerprint density at radius 2 is 1.59 bits per heavy atom. The van der Waals surface area contributed by atoms with E-state index in [4.69, 9.17) is 15.8 Å². The van der Waals surface area contributed by atoms with Gasteiger partial charge in [0.2, 0.25) is 0 Å². The number of fused-ring (bicyclic) bond motifs is 1. The van der Waals surface area contributed by atoms with E-state index in [2.05, 4.69) is 58.0 Å². The summed E-state index contributed by atoms with van der Waals surface area (Å²) in [6.07, 6.45) is 8.37. The highest BCUT2D eigenvalue weighted by Gasteiger charge is 2.28.